The van der Waals surface area contributed by atoms with Crippen LogP contribution in [-0.2, 0) is 13.1 Å². The van der Waals surface area contributed by atoms with E-state index >= 15 is 0 Å². The van der Waals surface area contributed by atoms with Crippen LogP contribution in [0.3, 0.4) is 0 Å². The highest BCUT2D eigenvalue weighted by molar-refractivity contribution is 7.99. The van der Waals surface area contributed by atoms with Crippen LogP contribution in [0.4, 0.5) is 0 Å². The number of hydrogen-bond acceptors (Lipinski definition) is 4. The molecule has 0 saturated carbocycles. The number of nitrogens with zero attached hydrogens (tertiary/aromatic N) is 2. The molecule has 0 spiro atoms. The zero-order chi connectivity index (χ0) is 13.5. The average Bonchev–Trinajstić information content (AvgIpc) is 2.42. The minimum Gasteiger partial charge on any atom is -0.311 e. The standard InChI is InChI=1S/C15H25N3S/c1-3-7-16-10-14-5-4-6-15(17-14)11-18-8-9-19-12-13(18)2/h4-6,13,16H,3,7-12H2,1-2H3. The number of thioether (sulfide) groups is 1. The third-order valence-corrected chi connectivity index (χ3v) is 4.66. The Bertz CT molecular complexity index is 383. The van der Waals surface area contributed by atoms with Gasteiger partial charge in [0.25, 0.3) is 0 Å². The first-order chi connectivity index (χ1) is 9.29. The molecule has 1 aromatic rings. The molecule has 0 aromatic carbocycles. The zero-order valence-electron chi connectivity index (χ0n) is 12.1. The third kappa shape index (κ3) is 4.79. The van der Waals surface area contributed by atoms with E-state index in [1.165, 1.54) is 30.2 Å². The SMILES string of the molecule is CCCNCc1cccc(CN2CCSCC2C)n1. The largest absolute Gasteiger partial charge is 0.311 e. The van der Waals surface area contributed by atoms with Gasteiger partial charge in [0.2, 0.25) is 0 Å². The predicted octanol–water partition coefficient (Wildman–Crippen LogP) is 2.52. The fourth-order valence-corrected chi connectivity index (χ4v) is 3.40. The summed E-state index contributed by atoms with van der Waals surface area (Å²) >= 11 is 2.06. The highest BCUT2D eigenvalue weighted by atomic mass is 32.2. The minimum absolute atomic E-state index is 0.669. The number of aromatic nitrogens is 1. The summed E-state index contributed by atoms with van der Waals surface area (Å²) in [5.74, 6) is 2.50. The summed E-state index contributed by atoms with van der Waals surface area (Å²) in [4.78, 5) is 7.31. The van der Waals surface area contributed by atoms with Gasteiger partial charge in [-0.3, -0.25) is 9.88 Å². The van der Waals surface area contributed by atoms with Gasteiger partial charge in [0, 0.05) is 37.2 Å². The minimum atomic E-state index is 0.669. The van der Waals surface area contributed by atoms with Crippen molar-refractivity contribution >= 4 is 11.8 Å². The van der Waals surface area contributed by atoms with Gasteiger partial charge in [0.05, 0.1) is 11.4 Å². The Hall–Kier alpha value is -0.580. The van der Waals surface area contributed by atoms with E-state index in [4.69, 9.17) is 4.98 Å². The molecule has 0 bridgehead atoms. The van der Waals surface area contributed by atoms with Gasteiger partial charge in [-0.05, 0) is 32.0 Å². The Balaban J connectivity index is 1.90. The van der Waals surface area contributed by atoms with Crippen LogP contribution in [0.25, 0.3) is 0 Å². The molecule has 19 heavy (non-hydrogen) atoms. The lowest BCUT2D eigenvalue weighted by molar-refractivity contribution is 0.221. The van der Waals surface area contributed by atoms with Gasteiger partial charge in [-0.2, -0.15) is 11.8 Å². The first-order valence-electron chi connectivity index (χ1n) is 7.27. The van der Waals surface area contributed by atoms with Crippen molar-refractivity contribution in [3.05, 3.63) is 29.6 Å². The van der Waals surface area contributed by atoms with Crippen LogP contribution in [-0.4, -0.2) is 40.5 Å². The molecule has 1 aromatic heterocycles. The van der Waals surface area contributed by atoms with Gasteiger partial charge >= 0.3 is 0 Å². The molecule has 1 atom stereocenters. The highest BCUT2D eigenvalue weighted by Gasteiger charge is 2.18. The predicted molar refractivity (Wildman–Crippen MR) is 83.4 cm³/mol. The molecule has 1 saturated heterocycles. The molecular formula is C15H25N3S. The third-order valence-electron chi connectivity index (χ3n) is 3.47. The topological polar surface area (TPSA) is 28.2 Å². The number of pyridine rings is 1. The number of hydrogen-bond donors (Lipinski definition) is 1. The van der Waals surface area contributed by atoms with E-state index in [1.807, 2.05) is 0 Å². The van der Waals surface area contributed by atoms with E-state index in [0.717, 1.165) is 25.3 Å². The summed E-state index contributed by atoms with van der Waals surface area (Å²) < 4.78 is 0. The Labute approximate surface area is 121 Å². The van der Waals surface area contributed by atoms with Crippen LogP contribution < -0.4 is 5.32 Å². The first-order valence-corrected chi connectivity index (χ1v) is 8.42. The van der Waals surface area contributed by atoms with E-state index < -0.39 is 0 Å². The molecule has 1 fully saturated rings. The molecule has 1 aliphatic heterocycles. The number of nitrogens with one attached hydrogen (secondary N) is 1. The Morgan fingerprint density at radius 3 is 3.05 bits per heavy atom. The lowest BCUT2D eigenvalue weighted by Gasteiger charge is -2.32. The van der Waals surface area contributed by atoms with Crippen molar-refractivity contribution < 1.29 is 0 Å². The maximum atomic E-state index is 4.76. The van der Waals surface area contributed by atoms with E-state index in [9.17, 15) is 0 Å². The highest BCUT2D eigenvalue weighted by Crippen LogP contribution is 2.18. The zero-order valence-corrected chi connectivity index (χ0v) is 12.9. The van der Waals surface area contributed by atoms with Gasteiger partial charge in [-0.15, -0.1) is 0 Å². The van der Waals surface area contributed by atoms with Crippen LogP contribution in [0.1, 0.15) is 31.7 Å². The van der Waals surface area contributed by atoms with Crippen molar-refractivity contribution in [2.24, 2.45) is 0 Å². The van der Waals surface area contributed by atoms with Gasteiger partial charge in [-0.1, -0.05) is 13.0 Å². The summed E-state index contributed by atoms with van der Waals surface area (Å²) in [6.07, 6.45) is 1.17. The molecule has 106 valence electrons. The second-order valence-electron chi connectivity index (χ2n) is 5.19. The van der Waals surface area contributed by atoms with Crippen LogP contribution >= 0.6 is 11.8 Å². The molecule has 0 amide bonds. The molecule has 4 heteroatoms. The van der Waals surface area contributed by atoms with E-state index in [1.54, 1.807) is 0 Å². The van der Waals surface area contributed by atoms with E-state index in [-0.39, 0.29) is 0 Å². The molecular weight excluding hydrogens is 254 g/mol. The molecule has 1 unspecified atom stereocenters. The fraction of sp³-hybridized carbons (Fsp3) is 0.667. The summed E-state index contributed by atoms with van der Waals surface area (Å²) in [5.41, 5.74) is 2.36. The van der Waals surface area contributed by atoms with Crippen molar-refractivity contribution in [1.29, 1.82) is 0 Å². The smallest absolute Gasteiger partial charge is 0.0547 e. The summed E-state index contributed by atoms with van der Waals surface area (Å²) in [6.45, 7) is 8.62. The summed E-state index contributed by atoms with van der Waals surface area (Å²) in [7, 11) is 0. The summed E-state index contributed by atoms with van der Waals surface area (Å²) in [5, 5.41) is 3.41. The number of rotatable bonds is 6. The van der Waals surface area contributed by atoms with Gasteiger partial charge in [-0.25, -0.2) is 0 Å². The van der Waals surface area contributed by atoms with Crippen LogP contribution in [0, 0.1) is 0 Å². The lowest BCUT2D eigenvalue weighted by atomic mass is 10.2. The van der Waals surface area contributed by atoms with Crippen molar-refractivity contribution in [1.82, 2.24) is 15.2 Å². The second kappa shape index (κ2) is 7.88. The van der Waals surface area contributed by atoms with Crippen molar-refractivity contribution in [2.75, 3.05) is 24.6 Å². The summed E-state index contributed by atoms with van der Waals surface area (Å²) in [6, 6.07) is 7.07. The van der Waals surface area contributed by atoms with Gasteiger partial charge < -0.3 is 5.32 Å². The molecule has 0 radical (unpaired) electrons. The van der Waals surface area contributed by atoms with Crippen molar-refractivity contribution in [3.63, 3.8) is 0 Å². The molecule has 1 aliphatic rings. The first kappa shape index (κ1) is 14.8. The molecule has 0 aliphatic carbocycles. The van der Waals surface area contributed by atoms with E-state index in [0.29, 0.717) is 6.04 Å². The Kier molecular flexibility index (Phi) is 6.14. The Morgan fingerprint density at radius 2 is 2.26 bits per heavy atom. The second-order valence-corrected chi connectivity index (χ2v) is 6.34. The van der Waals surface area contributed by atoms with Gasteiger partial charge in [0.15, 0.2) is 0 Å². The molecule has 1 N–H and O–H groups in total. The monoisotopic (exact) mass is 279 g/mol. The average molecular weight is 279 g/mol. The van der Waals surface area contributed by atoms with Crippen LogP contribution in [0.15, 0.2) is 18.2 Å². The quantitative estimate of drug-likeness (QED) is 0.810. The normalized spacial score (nSPS) is 20.6. The molecule has 2 heterocycles. The Morgan fingerprint density at radius 1 is 1.42 bits per heavy atom. The van der Waals surface area contributed by atoms with Crippen molar-refractivity contribution in [3.8, 4) is 0 Å². The lowest BCUT2D eigenvalue weighted by Crippen LogP contribution is -2.39. The fourth-order valence-electron chi connectivity index (χ4n) is 2.31. The van der Waals surface area contributed by atoms with Crippen LogP contribution in [0.2, 0.25) is 0 Å². The van der Waals surface area contributed by atoms with Crippen molar-refractivity contribution in [2.45, 2.75) is 39.4 Å². The maximum Gasteiger partial charge on any atom is 0.0547 e. The molecule has 3 nitrogen and oxygen atoms in total. The maximum absolute atomic E-state index is 4.76. The molecule has 2 rings (SSSR count). The van der Waals surface area contributed by atoms with Gasteiger partial charge in [0.1, 0.15) is 0 Å². The van der Waals surface area contributed by atoms with E-state index in [2.05, 4.69) is 54.0 Å². The van der Waals surface area contributed by atoms with Crippen LogP contribution in [0.5, 0.6) is 0 Å².